The standard InChI is InChI=1S/C17H14Cl2O3/c1-22-17(21)12(10-11-6-3-2-4-7-11)16(20)15-13(18)8-5-9-14(15)19/h2-10,16,20H,1H3/b12-10+. The number of rotatable bonds is 4. The molecule has 1 unspecified atom stereocenters. The van der Waals surface area contributed by atoms with Gasteiger partial charge in [-0.15, -0.1) is 0 Å². The fourth-order valence-corrected chi connectivity index (χ4v) is 2.63. The zero-order valence-electron chi connectivity index (χ0n) is 11.8. The highest BCUT2D eigenvalue weighted by Gasteiger charge is 2.25. The highest BCUT2D eigenvalue weighted by molar-refractivity contribution is 6.36. The minimum absolute atomic E-state index is 0.0590. The van der Waals surface area contributed by atoms with E-state index in [9.17, 15) is 9.90 Å². The Morgan fingerprint density at radius 1 is 1.09 bits per heavy atom. The van der Waals surface area contributed by atoms with E-state index in [0.29, 0.717) is 0 Å². The first kappa shape index (κ1) is 16.6. The van der Waals surface area contributed by atoms with Crippen LogP contribution in [0.25, 0.3) is 6.08 Å². The van der Waals surface area contributed by atoms with E-state index in [2.05, 4.69) is 0 Å². The lowest BCUT2D eigenvalue weighted by Gasteiger charge is -2.16. The van der Waals surface area contributed by atoms with Crippen molar-refractivity contribution in [3.05, 3.63) is 75.3 Å². The average Bonchev–Trinajstić information content (AvgIpc) is 2.52. The summed E-state index contributed by atoms with van der Waals surface area (Å²) in [6, 6.07) is 14.0. The van der Waals surface area contributed by atoms with Crippen molar-refractivity contribution < 1.29 is 14.6 Å². The molecule has 0 saturated heterocycles. The number of hydrogen-bond acceptors (Lipinski definition) is 3. The van der Waals surface area contributed by atoms with Crippen molar-refractivity contribution in [2.45, 2.75) is 6.10 Å². The first-order valence-corrected chi connectivity index (χ1v) is 7.27. The largest absolute Gasteiger partial charge is 0.466 e. The third-order valence-electron chi connectivity index (χ3n) is 3.11. The van der Waals surface area contributed by atoms with E-state index in [-0.39, 0.29) is 21.2 Å². The van der Waals surface area contributed by atoms with Gasteiger partial charge in [-0.1, -0.05) is 59.6 Å². The molecule has 0 spiro atoms. The van der Waals surface area contributed by atoms with Gasteiger partial charge in [0.25, 0.3) is 0 Å². The van der Waals surface area contributed by atoms with Crippen molar-refractivity contribution in [3.8, 4) is 0 Å². The van der Waals surface area contributed by atoms with Gasteiger partial charge in [0.2, 0.25) is 0 Å². The number of methoxy groups -OCH3 is 1. The maximum atomic E-state index is 12.0. The van der Waals surface area contributed by atoms with Crippen molar-refractivity contribution in [1.82, 2.24) is 0 Å². The number of carbonyl (C=O) groups is 1. The van der Waals surface area contributed by atoms with Crippen LogP contribution in [0.3, 0.4) is 0 Å². The molecular weight excluding hydrogens is 323 g/mol. The van der Waals surface area contributed by atoms with Crippen LogP contribution in [0.15, 0.2) is 54.1 Å². The Balaban J connectivity index is 2.51. The molecule has 0 amide bonds. The Morgan fingerprint density at radius 2 is 1.68 bits per heavy atom. The van der Waals surface area contributed by atoms with Crippen molar-refractivity contribution in [2.75, 3.05) is 7.11 Å². The summed E-state index contributed by atoms with van der Waals surface area (Å²) in [5, 5.41) is 11.1. The molecule has 5 heteroatoms. The molecule has 0 aliphatic rings. The van der Waals surface area contributed by atoms with Crippen LogP contribution in [0, 0.1) is 0 Å². The average molecular weight is 337 g/mol. The normalized spacial score (nSPS) is 12.8. The predicted octanol–water partition coefficient (Wildman–Crippen LogP) is 4.28. The van der Waals surface area contributed by atoms with Crippen LogP contribution in [-0.2, 0) is 9.53 Å². The minimum Gasteiger partial charge on any atom is -0.466 e. The van der Waals surface area contributed by atoms with E-state index >= 15 is 0 Å². The number of aliphatic hydroxyl groups excluding tert-OH is 1. The molecule has 2 aromatic carbocycles. The molecule has 0 saturated carbocycles. The Kier molecular flexibility index (Phi) is 5.61. The molecule has 22 heavy (non-hydrogen) atoms. The molecule has 0 heterocycles. The summed E-state index contributed by atoms with van der Waals surface area (Å²) in [6.45, 7) is 0. The summed E-state index contributed by atoms with van der Waals surface area (Å²) in [4.78, 5) is 12.0. The zero-order chi connectivity index (χ0) is 16.1. The quantitative estimate of drug-likeness (QED) is 0.669. The smallest absolute Gasteiger partial charge is 0.336 e. The highest BCUT2D eigenvalue weighted by atomic mass is 35.5. The van der Waals surface area contributed by atoms with E-state index in [1.54, 1.807) is 24.3 Å². The number of ether oxygens (including phenoxy) is 1. The van der Waals surface area contributed by atoms with E-state index in [4.69, 9.17) is 27.9 Å². The van der Waals surface area contributed by atoms with Crippen LogP contribution >= 0.6 is 23.2 Å². The Hall–Kier alpha value is -1.81. The van der Waals surface area contributed by atoms with Gasteiger partial charge in [0.15, 0.2) is 0 Å². The van der Waals surface area contributed by atoms with Crippen LogP contribution in [0.2, 0.25) is 10.0 Å². The van der Waals surface area contributed by atoms with E-state index in [1.165, 1.54) is 7.11 Å². The van der Waals surface area contributed by atoms with Gasteiger partial charge in [0.1, 0.15) is 6.10 Å². The van der Waals surface area contributed by atoms with Gasteiger partial charge < -0.3 is 9.84 Å². The van der Waals surface area contributed by atoms with Gasteiger partial charge in [-0.3, -0.25) is 0 Å². The summed E-state index contributed by atoms with van der Waals surface area (Å²) < 4.78 is 4.75. The number of esters is 1. The van der Waals surface area contributed by atoms with Crippen molar-refractivity contribution in [2.24, 2.45) is 0 Å². The molecule has 0 fully saturated rings. The molecule has 1 N–H and O–H groups in total. The van der Waals surface area contributed by atoms with Crippen LogP contribution in [0.4, 0.5) is 0 Å². The number of halogens is 2. The topological polar surface area (TPSA) is 46.5 Å². The Morgan fingerprint density at radius 3 is 2.23 bits per heavy atom. The van der Waals surface area contributed by atoms with Crippen LogP contribution in [0.1, 0.15) is 17.2 Å². The second kappa shape index (κ2) is 7.45. The van der Waals surface area contributed by atoms with Crippen molar-refractivity contribution >= 4 is 35.2 Å². The molecule has 1 atom stereocenters. The number of aliphatic hydroxyl groups is 1. The summed E-state index contributed by atoms with van der Waals surface area (Å²) in [5.74, 6) is -0.646. The van der Waals surface area contributed by atoms with Crippen LogP contribution in [-0.4, -0.2) is 18.2 Å². The summed E-state index contributed by atoms with van der Waals surface area (Å²) in [7, 11) is 1.25. The minimum atomic E-state index is -1.28. The third-order valence-corrected chi connectivity index (χ3v) is 3.77. The second-order valence-electron chi connectivity index (χ2n) is 4.54. The van der Waals surface area contributed by atoms with E-state index in [0.717, 1.165) is 5.56 Å². The molecule has 0 radical (unpaired) electrons. The molecule has 2 rings (SSSR count). The summed E-state index contributed by atoms with van der Waals surface area (Å²) in [5.41, 5.74) is 1.09. The lowest BCUT2D eigenvalue weighted by molar-refractivity contribution is -0.137. The van der Waals surface area contributed by atoms with Crippen LogP contribution < -0.4 is 0 Å². The van der Waals surface area contributed by atoms with Crippen LogP contribution in [0.5, 0.6) is 0 Å². The molecule has 3 nitrogen and oxygen atoms in total. The van der Waals surface area contributed by atoms with Gasteiger partial charge in [-0.05, 0) is 23.8 Å². The fraction of sp³-hybridized carbons (Fsp3) is 0.118. The first-order valence-electron chi connectivity index (χ1n) is 6.51. The molecular formula is C17H14Cl2O3. The van der Waals surface area contributed by atoms with Gasteiger partial charge in [-0.25, -0.2) is 4.79 Å². The lowest BCUT2D eigenvalue weighted by Crippen LogP contribution is -2.14. The number of hydrogen-bond donors (Lipinski definition) is 1. The maximum absolute atomic E-state index is 12.0. The SMILES string of the molecule is COC(=O)/C(=C/c1ccccc1)C(O)c1c(Cl)cccc1Cl. The lowest BCUT2D eigenvalue weighted by atomic mass is 9.99. The molecule has 0 aromatic heterocycles. The first-order chi connectivity index (χ1) is 10.5. The molecule has 0 aliphatic heterocycles. The van der Waals surface area contributed by atoms with Crippen molar-refractivity contribution in [1.29, 1.82) is 0 Å². The van der Waals surface area contributed by atoms with E-state index < -0.39 is 12.1 Å². The summed E-state index contributed by atoms with van der Waals surface area (Å²) >= 11 is 12.2. The Labute approximate surface area is 138 Å². The zero-order valence-corrected chi connectivity index (χ0v) is 13.3. The monoisotopic (exact) mass is 336 g/mol. The van der Waals surface area contributed by atoms with Gasteiger partial charge in [0, 0.05) is 15.6 Å². The Bertz CT molecular complexity index is 676. The van der Waals surface area contributed by atoms with Crippen molar-refractivity contribution in [3.63, 3.8) is 0 Å². The summed E-state index contributed by atoms with van der Waals surface area (Å²) in [6.07, 6.45) is 0.268. The number of benzene rings is 2. The van der Waals surface area contributed by atoms with E-state index in [1.807, 2.05) is 30.3 Å². The van der Waals surface area contributed by atoms with Gasteiger partial charge >= 0.3 is 5.97 Å². The molecule has 2 aromatic rings. The second-order valence-corrected chi connectivity index (χ2v) is 5.35. The predicted molar refractivity (Wildman–Crippen MR) is 87.9 cm³/mol. The van der Waals surface area contributed by atoms with Gasteiger partial charge in [0.05, 0.1) is 12.7 Å². The maximum Gasteiger partial charge on any atom is 0.336 e. The molecule has 0 bridgehead atoms. The molecule has 114 valence electrons. The van der Waals surface area contributed by atoms with Gasteiger partial charge in [-0.2, -0.15) is 0 Å². The fourth-order valence-electron chi connectivity index (χ4n) is 2.02. The third kappa shape index (κ3) is 3.69. The number of carbonyl (C=O) groups excluding carboxylic acids is 1. The highest BCUT2D eigenvalue weighted by Crippen LogP contribution is 2.35. The molecule has 0 aliphatic carbocycles.